The molecule has 0 saturated heterocycles. The number of anilines is 1. The summed E-state index contributed by atoms with van der Waals surface area (Å²) in [7, 11) is 0. The van der Waals surface area contributed by atoms with E-state index in [1.165, 1.54) is 0 Å². The van der Waals surface area contributed by atoms with Gasteiger partial charge in [-0.15, -0.1) is 0 Å². The molecule has 24 heavy (non-hydrogen) atoms. The van der Waals surface area contributed by atoms with Crippen molar-refractivity contribution >= 4 is 22.4 Å². The van der Waals surface area contributed by atoms with Crippen LogP contribution in [0.25, 0.3) is 10.8 Å². The highest BCUT2D eigenvalue weighted by molar-refractivity contribution is 6.13. The summed E-state index contributed by atoms with van der Waals surface area (Å²) in [5, 5.41) is 4.97. The van der Waals surface area contributed by atoms with Gasteiger partial charge in [0.2, 0.25) is 0 Å². The Labute approximate surface area is 142 Å². The summed E-state index contributed by atoms with van der Waals surface area (Å²) in [6, 6.07) is 21.2. The number of benzene rings is 3. The molecule has 1 amide bonds. The van der Waals surface area contributed by atoms with Crippen molar-refractivity contribution in [3.63, 3.8) is 0 Å². The minimum atomic E-state index is -0.132. The number of carbonyl (C=O) groups excluding carboxylic acids is 1. The zero-order chi connectivity index (χ0) is 16.9. The highest BCUT2D eigenvalue weighted by atomic mass is 16.5. The Morgan fingerprint density at radius 3 is 2.50 bits per heavy atom. The van der Waals surface area contributed by atoms with Gasteiger partial charge in [-0.25, -0.2) is 0 Å². The summed E-state index contributed by atoms with van der Waals surface area (Å²) in [5.74, 6) is 0.985. The van der Waals surface area contributed by atoms with Crippen molar-refractivity contribution in [3.8, 4) is 5.75 Å². The van der Waals surface area contributed by atoms with Crippen molar-refractivity contribution in [1.82, 2.24) is 0 Å². The number of carbonyl (C=O) groups is 1. The third-order valence-electron chi connectivity index (χ3n) is 3.74. The van der Waals surface area contributed by atoms with E-state index in [9.17, 15) is 4.79 Å². The first kappa shape index (κ1) is 16.1. The largest absolute Gasteiger partial charge is 0.491 e. The zero-order valence-corrected chi connectivity index (χ0v) is 14.0. The molecule has 0 radical (unpaired) electrons. The van der Waals surface area contributed by atoms with Crippen molar-refractivity contribution in [2.75, 3.05) is 11.9 Å². The molecule has 0 aliphatic rings. The molecule has 122 valence electrons. The summed E-state index contributed by atoms with van der Waals surface area (Å²) < 4.78 is 5.81. The molecule has 0 aliphatic heterocycles. The highest BCUT2D eigenvalue weighted by Crippen LogP contribution is 2.26. The standard InChI is InChI=1S/C21H21NO2/c1-15(2)14-24-20-13-6-5-12-19(20)22-21(23)18-11-7-9-16-8-3-4-10-17(16)18/h3-13,15H,14H2,1-2H3,(H,22,23). The first-order chi connectivity index (χ1) is 11.6. The van der Waals surface area contributed by atoms with Crippen LogP contribution in [0, 0.1) is 5.92 Å². The lowest BCUT2D eigenvalue weighted by atomic mass is 10.0. The van der Waals surface area contributed by atoms with Crippen LogP contribution in [0.4, 0.5) is 5.69 Å². The van der Waals surface area contributed by atoms with Crippen LogP contribution in [0.3, 0.4) is 0 Å². The summed E-state index contributed by atoms with van der Waals surface area (Å²) in [6.45, 7) is 4.80. The Morgan fingerprint density at radius 2 is 1.67 bits per heavy atom. The molecule has 0 unspecified atom stereocenters. The fourth-order valence-electron chi connectivity index (χ4n) is 2.57. The van der Waals surface area contributed by atoms with Crippen LogP contribution in [0.1, 0.15) is 24.2 Å². The molecule has 0 spiro atoms. The Kier molecular flexibility index (Phi) is 4.80. The van der Waals surface area contributed by atoms with E-state index in [1.54, 1.807) is 0 Å². The van der Waals surface area contributed by atoms with Gasteiger partial charge in [0.05, 0.1) is 12.3 Å². The van der Waals surface area contributed by atoms with Crippen LogP contribution in [0.5, 0.6) is 5.75 Å². The Balaban J connectivity index is 1.87. The fourth-order valence-corrected chi connectivity index (χ4v) is 2.57. The minimum absolute atomic E-state index is 0.132. The van der Waals surface area contributed by atoms with Gasteiger partial charge in [0, 0.05) is 5.56 Å². The van der Waals surface area contributed by atoms with Crippen LogP contribution in [-0.4, -0.2) is 12.5 Å². The second-order valence-corrected chi connectivity index (χ2v) is 6.18. The van der Waals surface area contributed by atoms with Gasteiger partial charge in [-0.3, -0.25) is 4.79 Å². The number of nitrogens with one attached hydrogen (secondary N) is 1. The number of para-hydroxylation sites is 2. The normalized spacial score (nSPS) is 10.8. The molecule has 3 nitrogen and oxygen atoms in total. The van der Waals surface area contributed by atoms with Crippen LogP contribution in [-0.2, 0) is 0 Å². The summed E-state index contributed by atoms with van der Waals surface area (Å²) in [4.78, 5) is 12.8. The topological polar surface area (TPSA) is 38.3 Å². The molecule has 3 rings (SSSR count). The first-order valence-electron chi connectivity index (χ1n) is 8.16. The van der Waals surface area contributed by atoms with E-state index < -0.39 is 0 Å². The quantitative estimate of drug-likeness (QED) is 0.708. The molecular weight excluding hydrogens is 298 g/mol. The van der Waals surface area contributed by atoms with Crippen molar-refractivity contribution in [3.05, 3.63) is 72.3 Å². The maximum Gasteiger partial charge on any atom is 0.256 e. The smallest absolute Gasteiger partial charge is 0.256 e. The van der Waals surface area contributed by atoms with Gasteiger partial charge >= 0.3 is 0 Å². The monoisotopic (exact) mass is 319 g/mol. The van der Waals surface area contributed by atoms with Crippen molar-refractivity contribution in [2.45, 2.75) is 13.8 Å². The fraction of sp³-hybridized carbons (Fsp3) is 0.190. The van der Waals surface area contributed by atoms with Gasteiger partial charge < -0.3 is 10.1 Å². The molecule has 0 aromatic heterocycles. The number of hydrogen-bond acceptors (Lipinski definition) is 2. The number of rotatable bonds is 5. The number of amides is 1. The van der Waals surface area contributed by atoms with Gasteiger partial charge in [-0.05, 0) is 34.9 Å². The predicted octanol–water partition coefficient (Wildman–Crippen LogP) is 5.13. The van der Waals surface area contributed by atoms with Crippen molar-refractivity contribution in [2.24, 2.45) is 5.92 Å². The molecule has 3 heteroatoms. The molecule has 1 N–H and O–H groups in total. The SMILES string of the molecule is CC(C)COc1ccccc1NC(=O)c1cccc2ccccc12. The molecule has 0 aliphatic carbocycles. The lowest BCUT2D eigenvalue weighted by Crippen LogP contribution is -2.14. The van der Waals surface area contributed by atoms with Gasteiger partial charge in [0.1, 0.15) is 5.75 Å². The van der Waals surface area contributed by atoms with Crippen LogP contribution >= 0.6 is 0 Å². The second-order valence-electron chi connectivity index (χ2n) is 6.18. The van der Waals surface area contributed by atoms with Gasteiger partial charge in [0.25, 0.3) is 5.91 Å². The zero-order valence-electron chi connectivity index (χ0n) is 14.0. The number of fused-ring (bicyclic) bond motifs is 1. The molecule has 3 aromatic rings. The maximum absolute atomic E-state index is 12.8. The van der Waals surface area contributed by atoms with E-state index in [0.29, 0.717) is 29.5 Å². The van der Waals surface area contributed by atoms with Crippen LogP contribution in [0.15, 0.2) is 66.7 Å². The van der Waals surface area contributed by atoms with E-state index in [0.717, 1.165) is 10.8 Å². The van der Waals surface area contributed by atoms with E-state index >= 15 is 0 Å². The molecule has 3 aromatic carbocycles. The second kappa shape index (κ2) is 7.18. The molecule has 0 heterocycles. The molecule has 0 atom stereocenters. The average Bonchev–Trinajstić information content (AvgIpc) is 2.60. The molecule has 0 bridgehead atoms. The highest BCUT2D eigenvalue weighted by Gasteiger charge is 2.12. The Morgan fingerprint density at radius 1 is 0.958 bits per heavy atom. The van der Waals surface area contributed by atoms with Crippen LogP contribution < -0.4 is 10.1 Å². The molecule has 0 fully saturated rings. The third-order valence-corrected chi connectivity index (χ3v) is 3.74. The summed E-state index contributed by atoms with van der Waals surface area (Å²) >= 11 is 0. The van der Waals surface area contributed by atoms with Crippen LogP contribution in [0.2, 0.25) is 0 Å². The lowest BCUT2D eigenvalue weighted by molar-refractivity contribution is 0.102. The Hall–Kier alpha value is -2.81. The van der Waals surface area contributed by atoms with E-state index in [2.05, 4.69) is 19.2 Å². The molecule has 0 saturated carbocycles. The van der Waals surface area contributed by atoms with E-state index in [4.69, 9.17) is 4.74 Å². The minimum Gasteiger partial charge on any atom is -0.491 e. The Bertz CT molecular complexity index is 850. The van der Waals surface area contributed by atoms with Crippen molar-refractivity contribution < 1.29 is 9.53 Å². The maximum atomic E-state index is 12.8. The first-order valence-corrected chi connectivity index (χ1v) is 8.16. The number of ether oxygens (including phenoxy) is 1. The average molecular weight is 319 g/mol. The van der Waals surface area contributed by atoms with Crippen molar-refractivity contribution in [1.29, 1.82) is 0 Å². The molecular formula is C21H21NO2. The van der Waals surface area contributed by atoms with E-state index in [1.807, 2.05) is 66.7 Å². The predicted molar refractivity (Wildman–Crippen MR) is 98.7 cm³/mol. The van der Waals surface area contributed by atoms with E-state index in [-0.39, 0.29) is 5.91 Å². The number of hydrogen-bond donors (Lipinski definition) is 1. The summed E-state index contributed by atoms with van der Waals surface area (Å²) in [6.07, 6.45) is 0. The van der Waals surface area contributed by atoms with Gasteiger partial charge in [-0.2, -0.15) is 0 Å². The third kappa shape index (κ3) is 3.57. The lowest BCUT2D eigenvalue weighted by Gasteiger charge is -2.14. The summed E-state index contributed by atoms with van der Waals surface area (Å²) in [5.41, 5.74) is 1.35. The van der Waals surface area contributed by atoms with Gasteiger partial charge in [-0.1, -0.05) is 62.4 Å². The van der Waals surface area contributed by atoms with Gasteiger partial charge in [0.15, 0.2) is 0 Å².